The summed E-state index contributed by atoms with van der Waals surface area (Å²) >= 11 is 6.03. The van der Waals surface area contributed by atoms with Gasteiger partial charge >= 0.3 is 0 Å². The van der Waals surface area contributed by atoms with Crippen molar-refractivity contribution in [3.63, 3.8) is 0 Å². The van der Waals surface area contributed by atoms with Gasteiger partial charge in [0.25, 0.3) is 0 Å². The van der Waals surface area contributed by atoms with Crippen LogP contribution in [0.5, 0.6) is 0 Å². The van der Waals surface area contributed by atoms with Crippen LogP contribution in [0.2, 0.25) is 5.15 Å². The van der Waals surface area contributed by atoms with Gasteiger partial charge in [0.05, 0.1) is 0 Å². The number of hydrogen-bond acceptors (Lipinski definition) is 2. The summed E-state index contributed by atoms with van der Waals surface area (Å²) in [6.07, 6.45) is 1.71. The predicted molar refractivity (Wildman–Crippen MR) is 65.1 cm³/mol. The van der Waals surface area contributed by atoms with Crippen molar-refractivity contribution in [3.8, 4) is 0 Å². The van der Waals surface area contributed by atoms with Gasteiger partial charge < -0.3 is 5.32 Å². The monoisotopic (exact) mass is 226 g/mol. The number of nitrogens with zero attached hydrogens (tertiary/aromatic N) is 1. The van der Waals surface area contributed by atoms with Crippen LogP contribution in [0, 0.1) is 5.92 Å². The molecular formula is C12H19ClN2. The number of rotatable bonds is 4. The average Bonchev–Trinajstić information content (AvgIpc) is 2.18. The Labute approximate surface area is 97.1 Å². The van der Waals surface area contributed by atoms with Gasteiger partial charge in [0.1, 0.15) is 5.15 Å². The second-order valence-electron chi connectivity index (χ2n) is 4.30. The Balaban J connectivity index is 2.69. The molecule has 0 radical (unpaired) electrons. The summed E-state index contributed by atoms with van der Waals surface area (Å²) in [6, 6.07) is 4.64. The molecule has 2 atom stereocenters. The highest BCUT2D eigenvalue weighted by molar-refractivity contribution is 6.30. The average molecular weight is 227 g/mol. The second kappa shape index (κ2) is 5.47. The van der Waals surface area contributed by atoms with E-state index < -0.39 is 0 Å². The van der Waals surface area contributed by atoms with E-state index in [1.807, 2.05) is 12.1 Å². The molecule has 15 heavy (non-hydrogen) atoms. The molecule has 84 valence electrons. The lowest BCUT2D eigenvalue weighted by atomic mass is 10.0. The number of halogens is 1. The molecule has 2 nitrogen and oxygen atoms in total. The van der Waals surface area contributed by atoms with Crippen molar-refractivity contribution in [2.24, 2.45) is 5.92 Å². The van der Waals surface area contributed by atoms with E-state index in [1.165, 1.54) is 0 Å². The molecular weight excluding hydrogens is 208 g/mol. The Morgan fingerprint density at radius 1 is 1.27 bits per heavy atom. The summed E-state index contributed by atoms with van der Waals surface area (Å²) in [7, 11) is 0. The van der Waals surface area contributed by atoms with E-state index in [-0.39, 0.29) is 6.04 Å². The molecule has 0 aromatic carbocycles. The van der Waals surface area contributed by atoms with E-state index in [0.717, 1.165) is 5.56 Å². The summed E-state index contributed by atoms with van der Waals surface area (Å²) < 4.78 is 0. The van der Waals surface area contributed by atoms with E-state index in [4.69, 9.17) is 11.6 Å². The zero-order chi connectivity index (χ0) is 11.4. The molecule has 2 unspecified atom stereocenters. The number of aromatic nitrogens is 1. The molecule has 1 rings (SSSR count). The molecule has 0 aliphatic rings. The first kappa shape index (κ1) is 12.5. The van der Waals surface area contributed by atoms with Crippen molar-refractivity contribution in [2.45, 2.75) is 39.8 Å². The number of pyridine rings is 1. The summed E-state index contributed by atoms with van der Waals surface area (Å²) in [4.78, 5) is 4.08. The first-order valence-electron chi connectivity index (χ1n) is 5.38. The molecule has 1 N–H and O–H groups in total. The molecule has 0 saturated carbocycles. The maximum Gasteiger partial charge on any atom is 0.133 e. The van der Waals surface area contributed by atoms with Crippen LogP contribution in [0.1, 0.15) is 39.3 Å². The minimum Gasteiger partial charge on any atom is -0.307 e. The molecule has 0 fully saturated rings. The molecule has 0 spiro atoms. The molecule has 1 aromatic rings. The fourth-order valence-electron chi connectivity index (χ4n) is 1.40. The predicted octanol–water partition coefficient (Wildman–Crippen LogP) is 3.43. The van der Waals surface area contributed by atoms with Crippen LogP contribution < -0.4 is 5.32 Å². The fraction of sp³-hybridized carbons (Fsp3) is 0.583. The zero-order valence-electron chi connectivity index (χ0n) is 9.79. The normalized spacial score (nSPS) is 15.3. The Morgan fingerprint density at radius 2 is 1.93 bits per heavy atom. The summed E-state index contributed by atoms with van der Waals surface area (Å²) in [6.45, 7) is 8.71. The van der Waals surface area contributed by atoms with Crippen LogP contribution in [0.3, 0.4) is 0 Å². The summed E-state index contributed by atoms with van der Waals surface area (Å²) in [5.74, 6) is 0.614. The molecule has 1 aromatic heterocycles. The van der Waals surface area contributed by atoms with Gasteiger partial charge in [-0.3, -0.25) is 0 Å². The molecule has 0 saturated heterocycles. The van der Waals surface area contributed by atoms with Crippen LogP contribution in [-0.4, -0.2) is 11.0 Å². The lowest BCUT2D eigenvalue weighted by molar-refractivity contribution is 0.388. The zero-order valence-corrected chi connectivity index (χ0v) is 10.5. The minimum absolute atomic E-state index is 0.239. The Morgan fingerprint density at radius 3 is 2.47 bits per heavy atom. The van der Waals surface area contributed by atoms with Crippen molar-refractivity contribution in [1.82, 2.24) is 10.3 Å². The Bertz CT molecular complexity index is 312. The molecule has 1 heterocycles. The highest BCUT2D eigenvalue weighted by Gasteiger charge is 2.14. The maximum atomic E-state index is 6.03. The molecule has 3 heteroatoms. The first-order valence-corrected chi connectivity index (χ1v) is 5.76. The smallest absolute Gasteiger partial charge is 0.133 e. The van der Waals surface area contributed by atoms with Crippen molar-refractivity contribution in [3.05, 3.63) is 29.0 Å². The summed E-state index contributed by atoms with van der Waals surface area (Å²) in [5.41, 5.74) is 1.06. The largest absolute Gasteiger partial charge is 0.307 e. The van der Waals surface area contributed by atoms with E-state index in [2.05, 4.69) is 38.0 Å². The molecule has 0 amide bonds. The third-order valence-corrected chi connectivity index (χ3v) is 3.08. The second-order valence-corrected chi connectivity index (χ2v) is 4.66. The van der Waals surface area contributed by atoms with E-state index in [9.17, 15) is 0 Å². The first-order chi connectivity index (χ1) is 7.02. The third kappa shape index (κ3) is 3.47. The quantitative estimate of drug-likeness (QED) is 0.796. The van der Waals surface area contributed by atoms with Crippen molar-refractivity contribution < 1.29 is 0 Å². The Kier molecular flexibility index (Phi) is 4.55. The van der Waals surface area contributed by atoms with Crippen LogP contribution in [-0.2, 0) is 0 Å². The van der Waals surface area contributed by atoms with Crippen molar-refractivity contribution in [1.29, 1.82) is 0 Å². The van der Waals surface area contributed by atoms with Gasteiger partial charge in [-0.2, -0.15) is 0 Å². The molecule has 0 bridgehead atoms. The van der Waals surface area contributed by atoms with Crippen molar-refractivity contribution in [2.75, 3.05) is 0 Å². The standard InChI is InChI=1S/C12H19ClN2/c1-8(2)9(3)15-10(4)11-6-5-7-14-12(11)13/h5-10,15H,1-4H3. The third-order valence-electron chi connectivity index (χ3n) is 2.77. The minimum atomic E-state index is 0.239. The lowest BCUT2D eigenvalue weighted by Gasteiger charge is -2.23. The maximum absolute atomic E-state index is 6.03. The van der Waals surface area contributed by atoms with Crippen molar-refractivity contribution >= 4 is 11.6 Å². The number of nitrogens with one attached hydrogen (secondary N) is 1. The van der Waals surface area contributed by atoms with Gasteiger partial charge in [-0.1, -0.05) is 31.5 Å². The van der Waals surface area contributed by atoms with Crippen LogP contribution in [0.15, 0.2) is 18.3 Å². The summed E-state index contributed by atoms with van der Waals surface area (Å²) in [5, 5.41) is 4.10. The Hall–Kier alpha value is -0.600. The highest BCUT2D eigenvalue weighted by Crippen LogP contribution is 2.21. The van der Waals surface area contributed by atoms with Crippen LogP contribution in [0.4, 0.5) is 0 Å². The molecule has 0 aliphatic heterocycles. The van der Waals surface area contributed by atoms with Gasteiger partial charge in [-0.25, -0.2) is 4.98 Å². The van der Waals surface area contributed by atoms with E-state index >= 15 is 0 Å². The van der Waals surface area contributed by atoms with Gasteiger partial charge in [0.15, 0.2) is 0 Å². The van der Waals surface area contributed by atoms with Crippen LogP contribution >= 0.6 is 11.6 Å². The lowest BCUT2D eigenvalue weighted by Crippen LogP contribution is -2.33. The SMILES string of the molecule is CC(NC(C)C(C)C)c1cccnc1Cl. The molecule has 0 aliphatic carbocycles. The topological polar surface area (TPSA) is 24.9 Å². The van der Waals surface area contributed by atoms with Gasteiger partial charge in [0.2, 0.25) is 0 Å². The fourth-order valence-corrected chi connectivity index (χ4v) is 1.68. The van der Waals surface area contributed by atoms with Gasteiger partial charge in [-0.15, -0.1) is 0 Å². The van der Waals surface area contributed by atoms with Gasteiger partial charge in [0, 0.05) is 23.8 Å². The van der Waals surface area contributed by atoms with Crippen LogP contribution in [0.25, 0.3) is 0 Å². The number of hydrogen-bond donors (Lipinski definition) is 1. The highest BCUT2D eigenvalue weighted by atomic mass is 35.5. The van der Waals surface area contributed by atoms with E-state index in [1.54, 1.807) is 6.20 Å². The van der Waals surface area contributed by atoms with E-state index in [0.29, 0.717) is 17.1 Å². The van der Waals surface area contributed by atoms with Gasteiger partial charge in [-0.05, 0) is 25.8 Å².